The van der Waals surface area contributed by atoms with Gasteiger partial charge in [-0.15, -0.1) is 0 Å². The highest BCUT2D eigenvalue weighted by Crippen LogP contribution is 1.98. The third-order valence-corrected chi connectivity index (χ3v) is 2.65. The van der Waals surface area contributed by atoms with E-state index >= 15 is 0 Å². The fraction of sp³-hybridized carbons (Fsp3) is 0.750. The first-order valence-electron chi connectivity index (χ1n) is 6.08. The zero-order valence-corrected chi connectivity index (χ0v) is 10.7. The molecule has 0 radical (unpaired) electrons. The van der Waals surface area contributed by atoms with Crippen molar-refractivity contribution in [3.63, 3.8) is 0 Å². The number of imidazole rings is 1. The Morgan fingerprint density at radius 3 is 2.88 bits per heavy atom. The van der Waals surface area contributed by atoms with E-state index < -0.39 is 0 Å². The van der Waals surface area contributed by atoms with Crippen LogP contribution in [0.5, 0.6) is 0 Å². The summed E-state index contributed by atoms with van der Waals surface area (Å²) in [6.07, 6.45) is 6.32. The molecular weight excluding hydrogens is 200 g/mol. The van der Waals surface area contributed by atoms with Crippen molar-refractivity contribution in [2.45, 2.75) is 32.9 Å². The lowest BCUT2D eigenvalue weighted by Crippen LogP contribution is -2.19. The Kier molecular flexibility index (Phi) is 6.11. The van der Waals surface area contributed by atoms with Gasteiger partial charge in [-0.2, -0.15) is 0 Å². The second-order valence-electron chi connectivity index (χ2n) is 4.36. The van der Waals surface area contributed by atoms with Gasteiger partial charge in [0.2, 0.25) is 0 Å². The van der Waals surface area contributed by atoms with Crippen molar-refractivity contribution in [2.24, 2.45) is 0 Å². The summed E-state index contributed by atoms with van der Waals surface area (Å²) in [6, 6.07) is 0. The molecule has 1 N–H and O–H groups in total. The molecule has 16 heavy (non-hydrogen) atoms. The number of nitrogens with one attached hydrogen (secondary N) is 1. The molecule has 0 aromatic carbocycles. The van der Waals surface area contributed by atoms with Crippen LogP contribution in [0.4, 0.5) is 0 Å². The SMILES string of the molecule is CCn1cncc1CNCCCCN(C)C. The van der Waals surface area contributed by atoms with Gasteiger partial charge < -0.3 is 14.8 Å². The van der Waals surface area contributed by atoms with Crippen LogP contribution in [0.3, 0.4) is 0 Å². The molecule has 4 heteroatoms. The van der Waals surface area contributed by atoms with Crippen molar-refractivity contribution in [3.05, 3.63) is 18.2 Å². The highest BCUT2D eigenvalue weighted by molar-refractivity contribution is 4.97. The quantitative estimate of drug-likeness (QED) is 0.676. The molecule has 0 spiro atoms. The number of aryl methyl sites for hydroxylation is 1. The Labute approximate surface area is 98.7 Å². The Morgan fingerprint density at radius 2 is 2.19 bits per heavy atom. The molecule has 0 aliphatic heterocycles. The van der Waals surface area contributed by atoms with E-state index in [0.717, 1.165) is 19.6 Å². The maximum Gasteiger partial charge on any atom is 0.0948 e. The van der Waals surface area contributed by atoms with Crippen LogP contribution in [0.15, 0.2) is 12.5 Å². The molecule has 0 saturated heterocycles. The summed E-state index contributed by atoms with van der Waals surface area (Å²) in [6.45, 7) is 6.33. The summed E-state index contributed by atoms with van der Waals surface area (Å²) < 4.78 is 2.17. The molecule has 0 aliphatic rings. The minimum atomic E-state index is 0.926. The first kappa shape index (κ1) is 13.2. The summed E-state index contributed by atoms with van der Waals surface area (Å²) in [5.41, 5.74) is 1.27. The number of hydrogen-bond donors (Lipinski definition) is 1. The molecule has 0 saturated carbocycles. The van der Waals surface area contributed by atoms with Crippen molar-refractivity contribution in [2.75, 3.05) is 27.2 Å². The van der Waals surface area contributed by atoms with Gasteiger partial charge in [-0.05, 0) is 47.0 Å². The van der Waals surface area contributed by atoms with Crippen molar-refractivity contribution in [1.29, 1.82) is 0 Å². The van der Waals surface area contributed by atoms with Gasteiger partial charge in [-0.25, -0.2) is 4.98 Å². The second-order valence-corrected chi connectivity index (χ2v) is 4.36. The highest BCUT2D eigenvalue weighted by atomic mass is 15.1. The van der Waals surface area contributed by atoms with Gasteiger partial charge in [0, 0.05) is 19.3 Å². The van der Waals surface area contributed by atoms with Crippen LogP contribution in [-0.4, -0.2) is 41.6 Å². The Morgan fingerprint density at radius 1 is 1.38 bits per heavy atom. The van der Waals surface area contributed by atoms with E-state index in [1.807, 2.05) is 12.5 Å². The van der Waals surface area contributed by atoms with E-state index in [9.17, 15) is 0 Å². The van der Waals surface area contributed by atoms with E-state index in [1.54, 1.807) is 0 Å². The van der Waals surface area contributed by atoms with Crippen molar-refractivity contribution in [1.82, 2.24) is 19.8 Å². The third kappa shape index (κ3) is 4.77. The van der Waals surface area contributed by atoms with Crippen LogP contribution in [0.2, 0.25) is 0 Å². The predicted octanol–water partition coefficient (Wildman–Crippen LogP) is 1.33. The lowest BCUT2D eigenvalue weighted by atomic mass is 10.3. The van der Waals surface area contributed by atoms with E-state index in [1.165, 1.54) is 25.1 Å². The van der Waals surface area contributed by atoms with Crippen LogP contribution in [0.25, 0.3) is 0 Å². The van der Waals surface area contributed by atoms with Gasteiger partial charge in [-0.3, -0.25) is 0 Å². The number of unbranched alkanes of at least 4 members (excludes halogenated alkanes) is 1. The van der Waals surface area contributed by atoms with Crippen molar-refractivity contribution < 1.29 is 0 Å². The fourth-order valence-electron chi connectivity index (χ4n) is 1.67. The lowest BCUT2D eigenvalue weighted by Gasteiger charge is -2.10. The molecule has 1 rings (SSSR count). The summed E-state index contributed by atoms with van der Waals surface area (Å²) >= 11 is 0. The third-order valence-electron chi connectivity index (χ3n) is 2.65. The Bertz CT molecular complexity index is 280. The second kappa shape index (κ2) is 7.41. The Hall–Kier alpha value is -0.870. The highest BCUT2D eigenvalue weighted by Gasteiger charge is 1.98. The average molecular weight is 224 g/mol. The molecule has 1 heterocycles. The van der Waals surface area contributed by atoms with Gasteiger partial charge in [0.25, 0.3) is 0 Å². The molecule has 1 aromatic rings. The maximum atomic E-state index is 4.15. The normalized spacial score (nSPS) is 11.2. The minimum absolute atomic E-state index is 0.926. The topological polar surface area (TPSA) is 33.1 Å². The summed E-state index contributed by atoms with van der Waals surface area (Å²) in [5.74, 6) is 0. The molecule has 0 aliphatic carbocycles. The van der Waals surface area contributed by atoms with Gasteiger partial charge in [0.1, 0.15) is 0 Å². The smallest absolute Gasteiger partial charge is 0.0948 e. The molecule has 0 amide bonds. The predicted molar refractivity (Wildman–Crippen MR) is 67.4 cm³/mol. The maximum absolute atomic E-state index is 4.15. The summed E-state index contributed by atoms with van der Waals surface area (Å²) in [5, 5.41) is 3.46. The minimum Gasteiger partial charge on any atom is -0.334 e. The number of nitrogens with zero attached hydrogens (tertiary/aromatic N) is 3. The first-order valence-corrected chi connectivity index (χ1v) is 6.08. The van der Waals surface area contributed by atoms with Crippen LogP contribution in [0, 0.1) is 0 Å². The molecule has 0 unspecified atom stereocenters. The summed E-state index contributed by atoms with van der Waals surface area (Å²) in [4.78, 5) is 6.38. The van der Waals surface area contributed by atoms with Crippen LogP contribution >= 0.6 is 0 Å². The number of hydrogen-bond acceptors (Lipinski definition) is 3. The Balaban J connectivity index is 2.07. The lowest BCUT2D eigenvalue weighted by molar-refractivity contribution is 0.391. The number of rotatable bonds is 8. The standard InChI is InChI=1S/C12H24N4/c1-4-16-11-14-10-12(16)9-13-7-5-6-8-15(2)3/h10-11,13H,4-9H2,1-3H3. The van der Waals surface area contributed by atoms with E-state index in [0.29, 0.717) is 0 Å². The molecule has 1 aromatic heterocycles. The van der Waals surface area contributed by atoms with Crippen molar-refractivity contribution in [3.8, 4) is 0 Å². The van der Waals surface area contributed by atoms with E-state index in [2.05, 4.69) is 40.8 Å². The molecule has 0 bridgehead atoms. The largest absolute Gasteiger partial charge is 0.334 e. The molecule has 92 valence electrons. The monoisotopic (exact) mass is 224 g/mol. The van der Waals surface area contributed by atoms with Crippen LogP contribution in [0.1, 0.15) is 25.5 Å². The van der Waals surface area contributed by atoms with Crippen molar-refractivity contribution >= 4 is 0 Å². The fourth-order valence-corrected chi connectivity index (χ4v) is 1.67. The van der Waals surface area contributed by atoms with Gasteiger partial charge >= 0.3 is 0 Å². The molecular formula is C12H24N4. The summed E-state index contributed by atoms with van der Waals surface area (Å²) in [7, 11) is 4.24. The van der Waals surface area contributed by atoms with Gasteiger partial charge in [-0.1, -0.05) is 0 Å². The van der Waals surface area contributed by atoms with E-state index in [4.69, 9.17) is 0 Å². The van der Waals surface area contributed by atoms with E-state index in [-0.39, 0.29) is 0 Å². The number of aromatic nitrogens is 2. The zero-order chi connectivity index (χ0) is 11.8. The van der Waals surface area contributed by atoms with Gasteiger partial charge in [0.15, 0.2) is 0 Å². The molecule has 4 nitrogen and oxygen atoms in total. The van der Waals surface area contributed by atoms with Crippen LogP contribution in [-0.2, 0) is 13.1 Å². The average Bonchev–Trinajstić information content (AvgIpc) is 2.70. The molecule has 0 fully saturated rings. The zero-order valence-electron chi connectivity index (χ0n) is 10.7. The van der Waals surface area contributed by atoms with Crippen LogP contribution < -0.4 is 5.32 Å². The first-order chi connectivity index (χ1) is 7.74. The van der Waals surface area contributed by atoms with Gasteiger partial charge in [0.05, 0.1) is 12.0 Å². The molecule has 0 atom stereocenters.